The SMILES string of the molecule is CC(C)(C)C(=O)CN1C(=O)N(Cc2ccc(OC(F)(F)F)cc2)C2(CCN(c3cccc(CC(=O)O)c3)CC2)C1=O. The fraction of sp³-hybridized carbons (Fsp3) is 0.448. The van der Waals surface area contributed by atoms with E-state index in [-0.39, 0.29) is 38.1 Å². The first-order valence-electron chi connectivity index (χ1n) is 13.2. The third kappa shape index (κ3) is 6.63. The number of piperidine rings is 1. The summed E-state index contributed by atoms with van der Waals surface area (Å²) >= 11 is 0. The van der Waals surface area contributed by atoms with E-state index in [2.05, 4.69) is 4.74 Å². The maximum absolute atomic E-state index is 13.9. The van der Waals surface area contributed by atoms with E-state index < -0.39 is 41.0 Å². The van der Waals surface area contributed by atoms with Gasteiger partial charge in [-0.3, -0.25) is 19.3 Å². The summed E-state index contributed by atoms with van der Waals surface area (Å²) in [5, 5.41) is 9.14. The number of carboxylic acid groups (broad SMARTS) is 1. The number of amides is 3. The van der Waals surface area contributed by atoms with Gasteiger partial charge in [-0.15, -0.1) is 13.2 Å². The van der Waals surface area contributed by atoms with Gasteiger partial charge in [-0.25, -0.2) is 4.79 Å². The highest BCUT2D eigenvalue weighted by Crippen LogP contribution is 2.40. The topological polar surface area (TPSA) is 107 Å². The van der Waals surface area contributed by atoms with E-state index in [0.717, 1.165) is 22.7 Å². The van der Waals surface area contributed by atoms with Crippen LogP contribution in [-0.4, -0.2) is 70.1 Å². The number of aliphatic carboxylic acids is 1. The van der Waals surface area contributed by atoms with Crippen LogP contribution in [0.4, 0.5) is 23.7 Å². The van der Waals surface area contributed by atoms with E-state index in [9.17, 15) is 32.3 Å². The Balaban J connectivity index is 1.59. The van der Waals surface area contributed by atoms with E-state index in [1.165, 1.54) is 17.0 Å². The van der Waals surface area contributed by atoms with Crippen molar-refractivity contribution in [1.29, 1.82) is 0 Å². The highest BCUT2D eigenvalue weighted by Gasteiger charge is 2.58. The van der Waals surface area contributed by atoms with Gasteiger partial charge in [-0.2, -0.15) is 0 Å². The third-order valence-electron chi connectivity index (χ3n) is 7.48. The molecule has 12 heteroatoms. The first-order chi connectivity index (χ1) is 19.1. The lowest BCUT2D eigenvalue weighted by atomic mass is 9.85. The van der Waals surface area contributed by atoms with E-state index in [1.807, 2.05) is 11.0 Å². The van der Waals surface area contributed by atoms with Crippen molar-refractivity contribution in [2.45, 2.75) is 58.5 Å². The predicted molar refractivity (Wildman–Crippen MR) is 142 cm³/mol. The van der Waals surface area contributed by atoms with Crippen molar-refractivity contribution in [2.24, 2.45) is 5.41 Å². The Morgan fingerprint density at radius 2 is 1.61 bits per heavy atom. The molecule has 0 aromatic heterocycles. The molecule has 2 saturated heterocycles. The monoisotopic (exact) mass is 575 g/mol. The summed E-state index contributed by atoms with van der Waals surface area (Å²) in [6, 6.07) is 11.6. The van der Waals surface area contributed by atoms with E-state index >= 15 is 0 Å². The van der Waals surface area contributed by atoms with Crippen LogP contribution in [0.1, 0.15) is 44.7 Å². The average molecular weight is 576 g/mol. The predicted octanol–water partition coefficient (Wildman–Crippen LogP) is 4.63. The number of alkyl halides is 3. The highest BCUT2D eigenvalue weighted by molar-refractivity contribution is 6.09. The Morgan fingerprint density at radius 3 is 2.17 bits per heavy atom. The van der Waals surface area contributed by atoms with Gasteiger partial charge in [0.1, 0.15) is 11.3 Å². The summed E-state index contributed by atoms with van der Waals surface area (Å²) in [6.07, 6.45) is -4.48. The number of hydrogen-bond acceptors (Lipinski definition) is 6. The number of anilines is 1. The summed E-state index contributed by atoms with van der Waals surface area (Å²) in [5.74, 6) is -2.11. The van der Waals surface area contributed by atoms with Gasteiger partial charge in [0.2, 0.25) is 0 Å². The number of imide groups is 1. The average Bonchev–Trinajstić information content (AvgIpc) is 3.05. The van der Waals surface area contributed by atoms with Crippen molar-refractivity contribution >= 4 is 29.4 Å². The van der Waals surface area contributed by atoms with Crippen molar-refractivity contribution in [3.63, 3.8) is 0 Å². The normalized spacial score (nSPS) is 17.4. The summed E-state index contributed by atoms with van der Waals surface area (Å²) in [7, 11) is 0. The minimum absolute atomic E-state index is 0.0504. The zero-order valence-corrected chi connectivity index (χ0v) is 23.0. The summed E-state index contributed by atoms with van der Waals surface area (Å²) in [4.78, 5) is 55.9. The Bertz CT molecular complexity index is 1330. The van der Waals surface area contributed by atoms with Gasteiger partial charge in [-0.1, -0.05) is 45.0 Å². The van der Waals surface area contributed by atoms with Gasteiger partial charge in [-0.05, 0) is 48.2 Å². The molecule has 1 N–H and O–H groups in total. The number of carboxylic acids is 1. The lowest BCUT2D eigenvalue weighted by molar-refractivity contribution is -0.274. The molecule has 2 aromatic rings. The number of carbonyl (C=O) groups is 4. The van der Waals surface area contributed by atoms with Gasteiger partial charge < -0.3 is 19.6 Å². The number of urea groups is 1. The Hall–Kier alpha value is -4.09. The van der Waals surface area contributed by atoms with Crippen LogP contribution in [0.25, 0.3) is 0 Å². The largest absolute Gasteiger partial charge is 0.573 e. The molecule has 9 nitrogen and oxygen atoms in total. The lowest BCUT2D eigenvalue weighted by Crippen LogP contribution is -2.56. The summed E-state index contributed by atoms with van der Waals surface area (Å²) < 4.78 is 41.7. The molecule has 2 aromatic carbocycles. The maximum Gasteiger partial charge on any atom is 0.573 e. The first-order valence-corrected chi connectivity index (χ1v) is 13.2. The van der Waals surface area contributed by atoms with E-state index in [1.54, 1.807) is 39.0 Å². The number of ketones is 1. The second-order valence-electron chi connectivity index (χ2n) is 11.4. The molecule has 3 amide bonds. The number of hydrogen-bond donors (Lipinski definition) is 1. The molecule has 2 heterocycles. The Morgan fingerprint density at radius 1 is 0.976 bits per heavy atom. The van der Waals surface area contributed by atoms with Crippen molar-refractivity contribution in [1.82, 2.24) is 9.80 Å². The van der Waals surface area contributed by atoms with Gasteiger partial charge in [0, 0.05) is 30.7 Å². The zero-order chi connectivity index (χ0) is 30.2. The first kappa shape index (κ1) is 29.9. The van der Waals surface area contributed by atoms with Crippen molar-refractivity contribution in [3.8, 4) is 5.75 Å². The molecule has 0 radical (unpaired) electrons. The fourth-order valence-corrected chi connectivity index (χ4v) is 5.16. The standard InChI is InChI=1S/C29H32F3N3O6/c1-27(2,3)23(36)18-34-25(39)28(11-13-33(14-12-28)21-6-4-5-20(15-21)16-24(37)38)35(26(34)40)17-19-7-9-22(10-8-19)41-29(30,31)32/h4-10,15H,11-14,16-18H2,1-3H3,(H,37,38). The smallest absolute Gasteiger partial charge is 0.481 e. The highest BCUT2D eigenvalue weighted by atomic mass is 19.4. The van der Waals surface area contributed by atoms with Crippen LogP contribution in [0.5, 0.6) is 5.75 Å². The second-order valence-corrected chi connectivity index (χ2v) is 11.4. The van der Waals surface area contributed by atoms with Gasteiger partial charge >= 0.3 is 18.4 Å². The second kappa shape index (κ2) is 11.1. The van der Waals surface area contributed by atoms with Crippen LogP contribution in [0, 0.1) is 5.41 Å². The number of rotatable bonds is 8. The number of Topliss-reactive ketones (excluding diaryl/α,β-unsaturated/α-hetero) is 1. The third-order valence-corrected chi connectivity index (χ3v) is 7.48. The van der Waals surface area contributed by atoms with Gasteiger partial charge in [0.05, 0.1) is 13.0 Å². The molecule has 2 aliphatic rings. The summed E-state index contributed by atoms with van der Waals surface area (Å²) in [6.45, 7) is 5.45. The Labute approximate surface area is 235 Å². The number of ether oxygens (including phenoxy) is 1. The molecule has 0 saturated carbocycles. The number of benzene rings is 2. The van der Waals surface area contributed by atoms with Crippen LogP contribution in [-0.2, 0) is 27.3 Å². The quantitative estimate of drug-likeness (QED) is 0.458. The van der Waals surface area contributed by atoms with Crippen molar-refractivity contribution < 1.29 is 42.2 Å². The molecular weight excluding hydrogens is 543 g/mol. The molecule has 4 rings (SSSR count). The minimum Gasteiger partial charge on any atom is -0.481 e. The number of carbonyl (C=O) groups excluding carboxylic acids is 3. The van der Waals surface area contributed by atoms with Crippen LogP contribution >= 0.6 is 0 Å². The lowest BCUT2D eigenvalue weighted by Gasteiger charge is -2.43. The number of nitrogens with zero attached hydrogens (tertiary/aromatic N) is 3. The van der Waals surface area contributed by atoms with E-state index in [4.69, 9.17) is 5.11 Å². The fourth-order valence-electron chi connectivity index (χ4n) is 5.16. The minimum atomic E-state index is -4.84. The number of halogens is 3. The molecule has 0 bridgehead atoms. The molecule has 1 spiro atoms. The van der Waals surface area contributed by atoms with E-state index in [0.29, 0.717) is 24.2 Å². The summed E-state index contributed by atoms with van der Waals surface area (Å²) in [5.41, 5.74) is -0.102. The molecule has 41 heavy (non-hydrogen) atoms. The van der Waals surface area contributed by atoms with Crippen LogP contribution < -0.4 is 9.64 Å². The molecule has 2 aliphatic heterocycles. The molecule has 2 fully saturated rings. The van der Waals surface area contributed by atoms with Crippen molar-refractivity contribution in [2.75, 3.05) is 24.5 Å². The Kier molecular flexibility index (Phi) is 8.06. The molecule has 220 valence electrons. The molecule has 0 aliphatic carbocycles. The van der Waals surface area contributed by atoms with Crippen LogP contribution in [0.2, 0.25) is 0 Å². The maximum atomic E-state index is 13.9. The van der Waals surface area contributed by atoms with Crippen molar-refractivity contribution in [3.05, 3.63) is 59.7 Å². The zero-order valence-electron chi connectivity index (χ0n) is 23.0. The van der Waals surface area contributed by atoms with Crippen LogP contribution in [0.3, 0.4) is 0 Å². The molecule has 0 atom stereocenters. The van der Waals surface area contributed by atoms with Crippen LogP contribution in [0.15, 0.2) is 48.5 Å². The van der Waals surface area contributed by atoms with Gasteiger partial charge in [0.15, 0.2) is 5.78 Å². The molecular formula is C29H32F3N3O6. The molecule has 0 unspecified atom stereocenters. The van der Waals surface area contributed by atoms with Gasteiger partial charge in [0.25, 0.3) is 5.91 Å².